The van der Waals surface area contributed by atoms with Crippen molar-refractivity contribution in [3.63, 3.8) is 0 Å². The van der Waals surface area contributed by atoms with Crippen LogP contribution in [0.3, 0.4) is 0 Å². The Balaban J connectivity index is 2.60. The number of sulfone groups is 1. The summed E-state index contributed by atoms with van der Waals surface area (Å²) in [6.07, 6.45) is 4.16. The number of rotatable bonds is 4. The second-order valence-electron chi connectivity index (χ2n) is 3.35. The van der Waals surface area contributed by atoms with Gasteiger partial charge in [-0.3, -0.25) is 4.98 Å². The fraction of sp³-hybridized carbons (Fsp3) is 0.364. The van der Waals surface area contributed by atoms with Gasteiger partial charge in [0.15, 0.2) is 9.84 Å². The number of aliphatic hydroxyl groups is 1. The largest absolute Gasteiger partial charge is 0.491 e. The van der Waals surface area contributed by atoms with Crippen LogP contribution in [0, 0.1) is 11.8 Å². The van der Waals surface area contributed by atoms with Gasteiger partial charge >= 0.3 is 0 Å². The van der Waals surface area contributed by atoms with Crippen LogP contribution in [0.4, 0.5) is 0 Å². The maximum absolute atomic E-state index is 10.9. The van der Waals surface area contributed by atoms with Crippen molar-refractivity contribution >= 4 is 9.84 Å². The van der Waals surface area contributed by atoms with E-state index in [1.807, 2.05) is 0 Å². The molecule has 0 amide bonds. The Morgan fingerprint density at radius 2 is 2.24 bits per heavy atom. The van der Waals surface area contributed by atoms with Crippen LogP contribution in [-0.4, -0.2) is 43.7 Å². The first kappa shape index (κ1) is 13.5. The molecule has 1 aromatic rings. The van der Waals surface area contributed by atoms with Gasteiger partial charge in [-0.15, -0.1) is 0 Å². The standard InChI is InChI=1S/C11H13NO4S/c1-17(14,15)6-5-16-11-7-10(3-2-4-13)8-12-9-11/h7-9,13H,4-6H2,1H3. The topological polar surface area (TPSA) is 76.5 Å². The molecule has 0 unspecified atom stereocenters. The van der Waals surface area contributed by atoms with Crippen LogP contribution in [0.25, 0.3) is 0 Å². The molecule has 0 aliphatic rings. The highest BCUT2D eigenvalue weighted by Gasteiger charge is 2.02. The van der Waals surface area contributed by atoms with Gasteiger partial charge in [0.1, 0.15) is 19.0 Å². The van der Waals surface area contributed by atoms with Gasteiger partial charge in [0.2, 0.25) is 0 Å². The van der Waals surface area contributed by atoms with E-state index < -0.39 is 9.84 Å². The number of pyridine rings is 1. The number of ether oxygens (including phenoxy) is 1. The molecule has 0 bridgehead atoms. The van der Waals surface area contributed by atoms with Crippen LogP contribution in [0.2, 0.25) is 0 Å². The maximum atomic E-state index is 10.9. The highest BCUT2D eigenvalue weighted by Crippen LogP contribution is 2.10. The third kappa shape index (κ3) is 5.90. The molecule has 6 heteroatoms. The van der Waals surface area contributed by atoms with E-state index in [4.69, 9.17) is 9.84 Å². The summed E-state index contributed by atoms with van der Waals surface area (Å²) in [6, 6.07) is 1.64. The molecular formula is C11H13NO4S. The normalized spacial score (nSPS) is 10.5. The summed E-state index contributed by atoms with van der Waals surface area (Å²) in [4.78, 5) is 3.89. The molecule has 0 atom stereocenters. The van der Waals surface area contributed by atoms with Gasteiger partial charge < -0.3 is 9.84 Å². The average molecular weight is 255 g/mol. The van der Waals surface area contributed by atoms with Crippen LogP contribution in [-0.2, 0) is 9.84 Å². The monoisotopic (exact) mass is 255 g/mol. The van der Waals surface area contributed by atoms with E-state index >= 15 is 0 Å². The molecule has 0 fully saturated rings. The summed E-state index contributed by atoms with van der Waals surface area (Å²) in [7, 11) is -3.03. The third-order valence-corrected chi connectivity index (χ3v) is 2.66. The van der Waals surface area contributed by atoms with Gasteiger partial charge in [-0.1, -0.05) is 11.8 Å². The lowest BCUT2D eigenvalue weighted by Crippen LogP contribution is -2.12. The van der Waals surface area contributed by atoms with E-state index in [9.17, 15) is 8.42 Å². The Morgan fingerprint density at radius 3 is 2.88 bits per heavy atom. The predicted octanol–water partition coefficient (Wildman–Crippen LogP) is -0.151. The first-order valence-electron chi connectivity index (χ1n) is 4.86. The molecule has 0 radical (unpaired) electrons. The van der Waals surface area contributed by atoms with Crippen molar-refractivity contribution in [2.24, 2.45) is 0 Å². The van der Waals surface area contributed by atoms with E-state index in [-0.39, 0.29) is 19.0 Å². The second kappa shape index (κ2) is 6.23. The van der Waals surface area contributed by atoms with Crippen molar-refractivity contribution in [1.82, 2.24) is 4.98 Å². The Hall–Kier alpha value is -1.58. The summed E-state index contributed by atoms with van der Waals surface area (Å²) in [5.74, 6) is 5.58. The van der Waals surface area contributed by atoms with E-state index in [2.05, 4.69) is 16.8 Å². The van der Waals surface area contributed by atoms with Gasteiger partial charge in [-0.2, -0.15) is 0 Å². The molecule has 0 aliphatic carbocycles. The molecule has 0 aromatic carbocycles. The van der Waals surface area contributed by atoms with Crippen molar-refractivity contribution in [1.29, 1.82) is 0 Å². The Morgan fingerprint density at radius 1 is 1.47 bits per heavy atom. The minimum Gasteiger partial charge on any atom is -0.491 e. The average Bonchev–Trinajstić information content (AvgIpc) is 2.25. The molecule has 1 N–H and O–H groups in total. The molecule has 1 aromatic heterocycles. The number of hydrogen-bond acceptors (Lipinski definition) is 5. The lowest BCUT2D eigenvalue weighted by Gasteiger charge is -2.04. The lowest BCUT2D eigenvalue weighted by atomic mass is 10.3. The van der Waals surface area contributed by atoms with Gasteiger partial charge in [0.05, 0.1) is 11.9 Å². The number of aliphatic hydroxyl groups excluding tert-OH is 1. The maximum Gasteiger partial charge on any atom is 0.150 e. The molecule has 0 saturated carbocycles. The molecule has 0 spiro atoms. The van der Waals surface area contributed by atoms with Gasteiger partial charge in [-0.05, 0) is 6.07 Å². The first-order chi connectivity index (χ1) is 8.01. The van der Waals surface area contributed by atoms with E-state index in [1.54, 1.807) is 6.07 Å². The fourth-order valence-corrected chi connectivity index (χ4v) is 1.40. The molecule has 1 heterocycles. The zero-order valence-corrected chi connectivity index (χ0v) is 10.2. The van der Waals surface area contributed by atoms with Gasteiger partial charge in [-0.25, -0.2) is 8.42 Å². The summed E-state index contributed by atoms with van der Waals surface area (Å²) >= 11 is 0. The SMILES string of the molecule is CS(=O)(=O)CCOc1cncc(C#CCO)c1. The van der Waals surface area contributed by atoms with Crippen molar-refractivity contribution in [2.45, 2.75) is 0 Å². The first-order valence-corrected chi connectivity index (χ1v) is 6.92. The van der Waals surface area contributed by atoms with Crippen LogP contribution in [0.5, 0.6) is 5.75 Å². The van der Waals surface area contributed by atoms with Crippen LogP contribution in [0.1, 0.15) is 5.56 Å². The predicted molar refractivity (Wildman–Crippen MR) is 63.4 cm³/mol. The van der Waals surface area contributed by atoms with Gasteiger partial charge in [0, 0.05) is 18.0 Å². The summed E-state index contributed by atoms with van der Waals surface area (Å²) < 4.78 is 27.0. The van der Waals surface area contributed by atoms with Crippen molar-refractivity contribution in [3.8, 4) is 17.6 Å². The van der Waals surface area contributed by atoms with E-state index in [0.29, 0.717) is 11.3 Å². The van der Waals surface area contributed by atoms with E-state index in [0.717, 1.165) is 6.26 Å². The lowest BCUT2D eigenvalue weighted by molar-refractivity contribution is 0.339. The second-order valence-corrected chi connectivity index (χ2v) is 5.61. The highest BCUT2D eigenvalue weighted by atomic mass is 32.2. The molecule has 5 nitrogen and oxygen atoms in total. The molecule has 0 aliphatic heterocycles. The Labute approximate surface area is 100 Å². The van der Waals surface area contributed by atoms with Crippen molar-refractivity contribution < 1.29 is 18.3 Å². The summed E-state index contributed by atoms with van der Waals surface area (Å²) in [5, 5.41) is 8.54. The fourth-order valence-electron chi connectivity index (χ4n) is 1.02. The van der Waals surface area contributed by atoms with Crippen LogP contribution < -0.4 is 4.74 Å². The van der Waals surface area contributed by atoms with Gasteiger partial charge in [0.25, 0.3) is 0 Å². The zero-order valence-electron chi connectivity index (χ0n) is 9.38. The minimum atomic E-state index is -3.03. The smallest absolute Gasteiger partial charge is 0.150 e. The summed E-state index contributed by atoms with van der Waals surface area (Å²) in [5.41, 5.74) is 0.607. The Kier molecular flexibility index (Phi) is 4.94. The quantitative estimate of drug-likeness (QED) is 0.757. The highest BCUT2D eigenvalue weighted by molar-refractivity contribution is 7.90. The molecule has 1 rings (SSSR count). The van der Waals surface area contributed by atoms with Crippen molar-refractivity contribution in [3.05, 3.63) is 24.0 Å². The molecule has 17 heavy (non-hydrogen) atoms. The van der Waals surface area contributed by atoms with Crippen molar-refractivity contribution in [2.75, 3.05) is 25.2 Å². The van der Waals surface area contributed by atoms with Crippen LogP contribution >= 0.6 is 0 Å². The summed E-state index contributed by atoms with van der Waals surface area (Å²) in [6.45, 7) is -0.142. The van der Waals surface area contributed by atoms with Crippen LogP contribution in [0.15, 0.2) is 18.5 Å². The number of nitrogens with zero attached hydrogens (tertiary/aromatic N) is 1. The molecule has 92 valence electrons. The minimum absolute atomic E-state index is 0.0421. The molecular weight excluding hydrogens is 242 g/mol. The van der Waals surface area contributed by atoms with E-state index in [1.165, 1.54) is 12.4 Å². The molecule has 0 saturated heterocycles. The third-order valence-electron chi connectivity index (χ3n) is 1.75. The Bertz CT molecular complexity index is 528. The zero-order chi connectivity index (χ0) is 12.7. The number of hydrogen-bond donors (Lipinski definition) is 1. The number of aromatic nitrogens is 1.